The summed E-state index contributed by atoms with van der Waals surface area (Å²) < 4.78 is 23.9. The van der Waals surface area contributed by atoms with Crippen LogP contribution in [0, 0.1) is 0 Å². The molecule has 106 valence electrons. The Hall–Kier alpha value is -0.170. The predicted octanol–water partition coefficient (Wildman–Crippen LogP) is 0.839. The number of hydrogen-bond donors (Lipinski definition) is 2. The van der Waals surface area contributed by atoms with Gasteiger partial charge in [0.05, 0.1) is 5.75 Å². The van der Waals surface area contributed by atoms with Crippen LogP contribution in [0.3, 0.4) is 0 Å². The van der Waals surface area contributed by atoms with Crippen LogP contribution in [0.5, 0.6) is 0 Å². The summed E-state index contributed by atoms with van der Waals surface area (Å²) in [6.07, 6.45) is 7.67. The van der Waals surface area contributed by atoms with E-state index in [1.165, 1.54) is 19.3 Å². The van der Waals surface area contributed by atoms with Gasteiger partial charge in [0.2, 0.25) is 10.0 Å². The second-order valence-electron chi connectivity index (χ2n) is 5.39. The van der Waals surface area contributed by atoms with Crippen LogP contribution in [0.25, 0.3) is 0 Å². The monoisotopic (exact) mass is 275 g/mol. The molecule has 0 amide bonds. The van der Waals surface area contributed by atoms with Crippen LogP contribution < -0.4 is 10.1 Å². The number of piperidine rings is 2. The van der Waals surface area contributed by atoms with Crippen molar-refractivity contribution in [3.8, 4) is 0 Å². The lowest BCUT2D eigenvalue weighted by atomic mass is 10.0. The van der Waals surface area contributed by atoms with Gasteiger partial charge < -0.3 is 5.32 Å². The molecular formula is C12H25N3O2S. The minimum absolute atomic E-state index is 0.237. The molecule has 0 aliphatic carbocycles. The van der Waals surface area contributed by atoms with Gasteiger partial charge in [-0.3, -0.25) is 0 Å². The van der Waals surface area contributed by atoms with E-state index >= 15 is 0 Å². The van der Waals surface area contributed by atoms with E-state index < -0.39 is 10.0 Å². The van der Waals surface area contributed by atoms with Gasteiger partial charge in [-0.2, -0.15) is 0 Å². The Balaban J connectivity index is 1.72. The van der Waals surface area contributed by atoms with Gasteiger partial charge in [-0.25, -0.2) is 13.4 Å². The van der Waals surface area contributed by atoms with E-state index in [-0.39, 0.29) is 5.75 Å². The lowest BCUT2D eigenvalue weighted by Crippen LogP contribution is -2.46. The van der Waals surface area contributed by atoms with Crippen molar-refractivity contribution in [1.29, 1.82) is 0 Å². The second-order valence-corrected chi connectivity index (χ2v) is 7.21. The molecule has 2 aliphatic rings. The Morgan fingerprint density at radius 3 is 2.56 bits per heavy atom. The van der Waals surface area contributed by atoms with Crippen molar-refractivity contribution in [2.24, 2.45) is 0 Å². The number of hydrazine groups is 1. The molecule has 2 aliphatic heterocycles. The average molecular weight is 275 g/mol. The molecule has 1 unspecified atom stereocenters. The van der Waals surface area contributed by atoms with E-state index in [1.54, 1.807) is 0 Å². The van der Waals surface area contributed by atoms with Gasteiger partial charge in [0, 0.05) is 19.1 Å². The summed E-state index contributed by atoms with van der Waals surface area (Å²) in [5.41, 5.74) is 0. The molecule has 0 bridgehead atoms. The number of hydrogen-bond acceptors (Lipinski definition) is 4. The lowest BCUT2D eigenvalue weighted by molar-refractivity contribution is 0.199. The molecule has 18 heavy (non-hydrogen) atoms. The standard InChI is InChI=1S/C12H25N3O2S/c16-18(17,14-15-9-4-1-5-10-15)11-7-12-6-2-3-8-13-12/h12-14H,1-11H2. The first-order valence-corrected chi connectivity index (χ1v) is 8.79. The smallest absolute Gasteiger partial charge is 0.224 e. The molecule has 0 radical (unpaired) electrons. The molecule has 5 nitrogen and oxygen atoms in total. The zero-order valence-corrected chi connectivity index (χ0v) is 11.8. The fourth-order valence-corrected chi connectivity index (χ4v) is 3.96. The van der Waals surface area contributed by atoms with E-state index in [1.807, 2.05) is 5.01 Å². The molecule has 2 heterocycles. The summed E-state index contributed by atoms with van der Waals surface area (Å²) >= 11 is 0. The molecule has 0 spiro atoms. The van der Waals surface area contributed by atoms with Gasteiger partial charge in [0.25, 0.3) is 0 Å². The average Bonchev–Trinajstić information content (AvgIpc) is 2.38. The maximum absolute atomic E-state index is 12.0. The van der Waals surface area contributed by atoms with Crippen molar-refractivity contribution in [3.63, 3.8) is 0 Å². The Labute approximate surface area is 110 Å². The normalized spacial score (nSPS) is 27.2. The summed E-state index contributed by atoms with van der Waals surface area (Å²) in [6.45, 7) is 2.73. The Kier molecular flexibility index (Phi) is 5.41. The van der Waals surface area contributed by atoms with Gasteiger partial charge >= 0.3 is 0 Å². The van der Waals surface area contributed by atoms with E-state index in [4.69, 9.17) is 0 Å². The van der Waals surface area contributed by atoms with Crippen molar-refractivity contribution >= 4 is 10.0 Å². The molecule has 2 rings (SSSR count). The Bertz CT molecular complexity index is 333. The first kappa shape index (κ1) is 14.2. The topological polar surface area (TPSA) is 61.4 Å². The zero-order chi connectivity index (χ0) is 12.8. The van der Waals surface area contributed by atoms with E-state index in [0.717, 1.165) is 45.3 Å². The highest BCUT2D eigenvalue weighted by molar-refractivity contribution is 7.89. The molecule has 2 saturated heterocycles. The maximum Gasteiger partial charge on any atom is 0.224 e. The van der Waals surface area contributed by atoms with Crippen LogP contribution in [-0.2, 0) is 10.0 Å². The van der Waals surface area contributed by atoms with Crippen molar-refractivity contribution in [2.75, 3.05) is 25.4 Å². The third-order valence-corrected chi connectivity index (χ3v) is 5.08. The second kappa shape index (κ2) is 6.84. The molecule has 0 saturated carbocycles. The molecular weight excluding hydrogens is 250 g/mol. The molecule has 1 atom stereocenters. The number of nitrogens with zero attached hydrogens (tertiary/aromatic N) is 1. The quantitative estimate of drug-likeness (QED) is 0.780. The van der Waals surface area contributed by atoms with Crippen LogP contribution in [0.15, 0.2) is 0 Å². The van der Waals surface area contributed by atoms with Crippen molar-refractivity contribution in [2.45, 2.75) is 51.0 Å². The third-order valence-electron chi connectivity index (χ3n) is 3.77. The van der Waals surface area contributed by atoms with Gasteiger partial charge in [0.15, 0.2) is 0 Å². The van der Waals surface area contributed by atoms with Crippen molar-refractivity contribution in [1.82, 2.24) is 15.2 Å². The predicted molar refractivity (Wildman–Crippen MR) is 72.6 cm³/mol. The van der Waals surface area contributed by atoms with Gasteiger partial charge in [-0.1, -0.05) is 12.8 Å². The van der Waals surface area contributed by atoms with Crippen LogP contribution in [0.1, 0.15) is 44.9 Å². The summed E-state index contributed by atoms with van der Waals surface area (Å²) in [7, 11) is -3.14. The molecule has 2 N–H and O–H groups in total. The number of rotatable bonds is 5. The van der Waals surface area contributed by atoms with Crippen LogP contribution in [0.2, 0.25) is 0 Å². The van der Waals surface area contributed by atoms with Gasteiger partial charge in [-0.05, 0) is 38.6 Å². The van der Waals surface area contributed by atoms with Crippen molar-refractivity contribution in [3.05, 3.63) is 0 Å². The molecule has 2 fully saturated rings. The van der Waals surface area contributed by atoms with Gasteiger partial charge in [0.1, 0.15) is 0 Å². The van der Waals surface area contributed by atoms with Crippen LogP contribution in [-0.4, -0.2) is 44.9 Å². The van der Waals surface area contributed by atoms with Crippen molar-refractivity contribution < 1.29 is 8.42 Å². The summed E-state index contributed by atoms with van der Waals surface area (Å²) in [4.78, 5) is 2.71. The van der Waals surface area contributed by atoms with E-state index in [0.29, 0.717) is 6.04 Å². The van der Waals surface area contributed by atoms with Crippen LogP contribution in [0.4, 0.5) is 0 Å². The number of nitrogens with one attached hydrogen (secondary N) is 2. The molecule has 0 aromatic carbocycles. The summed E-state index contributed by atoms with van der Waals surface area (Å²) in [6, 6.07) is 0.386. The van der Waals surface area contributed by atoms with Crippen LogP contribution >= 0.6 is 0 Å². The van der Waals surface area contributed by atoms with E-state index in [2.05, 4.69) is 10.1 Å². The first-order valence-electron chi connectivity index (χ1n) is 7.14. The minimum atomic E-state index is -3.14. The molecule has 0 aromatic heterocycles. The first-order chi connectivity index (χ1) is 8.66. The lowest BCUT2D eigenvalue weighted by Gasteiger charge is -2.27. The molecule has 6 heteroatoms. The summed E-state index contributed by atoms with van der Waals surface area (Å²) in [5, 5.41) is 5.24. The largest absolute Gasteiger partial charge is 0.314 e. The number of sulfonamides is 1. The maximum atomic E-state index is 12.0. The SMILES string of the molecule is O=S(=O)(CCC1CCCCN1)NN1CCCCC1. The fourth-order valence-electron chi connectivity index (χ4n) is 2.70. The highest BCUT2D eigenvalue weighted by atomic mass is 32.2. The molecule has 0 aromatic rings. The fraction of sp³-hybridized carbons (Fsp3) is 1.00. The zero-order valence-electron chi connectivity index (χ0n) is 11.0. The Morgan fingerprint density at radius 2 is 1.89 bits per heavy atom. The Morgan fingerprint density at radius 1 is 1.11 bits per heavy atom. The highest BCUT2D eigenvalue weighted by Crippen LogP contribution is 2.11. The third kappa shape index (κ3) is 4.84. The van der Waals surface area contributed by atoms with Gasteiger partial charge in [-0.15, -0.1) is 4.83 Å². The minimum Gasteiger partial charge on any atom is -0.314 e. The highest BCUT2D eigenvalue weighted by Gasteiger charge is 2.20. The van der Waals surface area contributed by atoms with E-state index in [9.17, 15) is 8.42 Å². The summed E-state index contributed by atoms with van der Waals surface area (Å²) in [5.74, 6) is 0.237.